The molecule has 0 aromatic heterocycles. The first-order valence-electron chi connectivity index (χ1n) is 8.08. The summed E-state index contributed by atoms with van der Waals surface area (Å²) >= 11 is 0. The quantitative estimate of drug-likeness (QED) is 0.829. The number of aliphatic hydroxyl groups is 1. The van der Waals surface area contributed by atoms with E-state index in [0.717, 1.165) is 6.04 Å². The van der Waals surface area contributed by atoms with E-state index in [1.807, 2.05) is 0 Å². The van der Waals surface area contributed by atoms with Crippen molar-refractivity contribution in [1.29, 1.82) is 0 Å². The maximum absolute atomic E-state index is 9.43. The molecule has 0 bridgehead atoms. The highest BCUT2D eigenvalue weighted by Crippen LogP contribution is 2.26. The van der Waals surface area contributed by atoms with Crippen LogP contribution in [0.15, 0.2) is 0 Å². The van der Waals surface area contributed by atoms with Crippen molar-refractivity contribution in [2.75, 3.05) is 32.8 Å². The Hall–Kier alpha value is -0.120. The Kier molecular flexibility index (Phi) is 5.27. The molecule has 0 aliphatic carbocycles. The first-order chi connectivity index (χ1) is 8.99. The van der Waals surface area contributed by atoms with Crippen molar-refractivity contribution in [3.05, 3.63) is 0 Å². The smallest absolute Gasteiger partial charge is 0.0586 e. The minimum atomic E-state index is 0.342. The van der Waals surface area contributed by atoms with E-state index in [2.05, 4.69) is 30.6 Å². The van der Waals surface area contributed by atoms with Gasteiger partial charge in [-0.3, -0.25) is 9.80 Å². The molecule has 0 radical (unpaired) electrons. The normalized spacial score (nSPS) is 30.3. The third-order valence-corrected chi connectivity index (χ3v) is 4.80. The lowest BCUT2D eigenvalue weighted by atomic mass is 9.92. The van der Waals surface area contributed by atoms with Gasteiger partial charge in [-0.05, 0) is 57.2 Å². The average Bonchev–Trinajstić information content (AvgIpc) is 2.95. The molecule has 0 amide bonds. The number of likely N-dealkylation sites (tertiary alicyclic amines) is 2. The second-order valence-electron chi connectivity index (χ2n) is 7.62. The third kappa shape index (κ3) is 4.44. The van der Waals surface area contributed by atoms with Crippen molar-refractivity contribution in [3.8, 4) is 0 Å². The molecule has 3 heteroatoms. The van der Waals surface area contributed by atoms with Gasteiger partial charge in [-0.25, -0.2) is 0 Å². The summed E-state index contributed by atoms with van der Waals surface area (Å²) in [5.41, 5.74) is 0.439. The van der Waals surface area contributed by atoms with Crippen molar-refractivity contribution in [2.24, 2.45) is 5.41 Å². The minimum Gasteiger partial charge on any atom is -0.395 e. The Morgan fingerprint density at radius 3 is 2.26 bits per heavy atom. The molecule has 2 fully saturated rings. The van der Waals surface area contributed by atoms with Crippen LogP contribution < -0.4 is 0 Å². The number of rotatable bonds is 5. The lowest BCUT2D eigenvalue weighted by Gasteiger charge is -2.32. The van der Waals surface area contributed by atoms with Gasteiger partial charge in [-0.1, -0.05) is 20.8 Å². The zero-order valence-corrected chi connectivity index (χ0v) is 13.1. The van der Waals surface area contributed by atoms with Gasteiger partial charge < -0.3 is 5.11 Å². The standard InChI is InChI=1S/C16H32N2O/c1-16(2,3)8-11-17-9-4-6-14(17)12-18-10-5-7-15(18)13-19/h14-15,19H,4-13H2,1-3H3. The fraction of sp³-hybridized carbons (Fsp3) is 1.00. The maximum atomic E-state index is 9.43. The monoisotopic (exact) mass is 268 g/mol. The SMILES string of the molecule is CC(C)(C)CCN1CCCC1CN1CCCC1CO. The van der Waals surface area contributed by atoms with E-state index in [4.69, 9.17) is 0 Å². The molecule has 2 atom stereocenters. The predicted molar refractivity (Wildman–Crippen MR) is 80.3 cm³/mol. The first-order valence-corrected chi connectivity index (χ1v) is 8.08. The Morgan fingerprint density at radius 2 is 1.63 bits per heavy atom. The molecule has 19 heavy (non-hydrogen) atoms. The van der Waals surface area contributed by atoms with Crippen LogP contribution >= 0.6 is 0 Å². The number of hydrogen-bond donors (Lipinski definition) is 1. The molecule has 112 valence electrons. The van der Waals surface area contributed by atoms with E-state index in [1.54, 1.807) is 0 Å². The second-order valence-corrected chi connectivity index (χ2v) is 7.62. The largest absolute Gasteiger partial charge is 0.395 e. The first kappa shape index (κ1) is 15.3. The molecule has 2 heterocycles. The number of hydrogen-bond acceptors (Lipinski definition) is 3. The van der Waals surface area contributed by atoms with Crippen LogP contribution in [0.1, 0.15) is 52.9 Å². The molecule has 0 aromatic rings. The molecule has 2 unspecified atom stereocenters. The van der Waals surface area contributed by atoms with Crippen LogP contribution in [0.3, 0.4) is 0 Å². The zero-order chi connectivity index (χ0) is 13.9. The lowest BCUT2D eigenvalue weighted by Crippen LogP contribution is -2.44. The summed E-state index contributed by atoms with van der Waals surface area (Å²) in [7, 11) is 0. The highest BCUT2D eigenvalue weighted by molar-refractivity contribution is 4.87. The van der Waals surface area contributed by atoms with Gasteiger partial charge in [0, 0.05) is 18.6 Å². The van der Waals surface area contributed by atoms with Crippen molar-refractivity contribution < 1.29 is 5.11 Å². The van der Waals surface area contributed by atoms with Crippen molar-refractivity contribution in [2.45, 2.75) is 65.0 Å². The maximum Gasteiger partial charge on any atom is 0.0586 e. The summed E-state index contributed by atoms with van der Waals surface area (Å²) in [5.74, 6) is 0. The second kappa shape index (κ2) is 6.55. The number of nitrogens with zero attached hydrogens (tertiary/aromatic N) is 2. The van der Waals surface area contributed by atoms with Crippen LogP contribution in [0.5, 0.6) is 0 Å². The van der Waals surface area contributed by atoms with Gasteiger partial charge in [-0.2, -0.15) is 0 Å². The topological polar surface area (TPSA) is 26.7 Å². The molecule has 0 spiro atoms. The van der Waals surface area contributed by atoms with Crippen molar-refractivity contribution in [3.63, 3.8) is 0 Å². The third-order valence-electron chi connectivity index (χ3n) is 4.80. The highest BCUT2D eigenvalue weighted by atomic mass is 16.3. The van der Waals surface area contributed by atoms with Crippen LogP contribution in [0.4, 0.5) is 0 Å². The van der Waals surface area contributed by atoms with E-state index in [1.165, 1.54) is 58.3 Å². The van der Waals surface area contributed by atoms with Crippen molar-refractivity contribution in [1.82, 2.24) is 9.80 Å². The van der Waals surface area contributed by atoms with Gasteiger partial charge in [0.05, 0.1) is 6.61 Å². The van der Waals surface area contributed by atoms with Crippen molar-refractivity contribution >= 4 is 0 Å². The Morgan fingerprint density at radius 1 is 1.00 bits per heavy atom. The summed E-state index contributed by atoms with van der Waals surface area (Å²) in [4.78, 5) is 5.22. The Bertz CT molecular complexity index is 274. The van der Waals surface area contributed by atoms with Gasteiger partial charge in [0.1, 0.15) is 0 Å². The predicted octanol–water partition coefficient (Wildman–Crippen LogP) is 2.34. The van der Waals surface area contributed by atoms with E-state index in [0.29, 0.717) is 18.1 Å². The minimum absolute atomic E-state index is 0.342. The van der Waals surface area contributed by atoms with E-state index in [9.17, 15) is 5.11 Å². The lowest BCUT2D eigenvalue weighted by molar-refractivity contribution is 0.117. The summed E-state index contributed by atoms with van der Waals surface area (Å²) < 4.78 is 0. The Balaban J connectivity index is 1.81. The fourth-order valence-electron chi connectivity index (χ4n) is 3.49. The molecule has 2 saturated heterocycles. The highest BCUT2D eigenvalue weighted by Gasteiger charge is 2.31. The van der Waals surface area contributed by atoms with E-state index in [-0.39, 0.29) is 0 Å². The number of aliphatic hydroxyl groups excluding tert-OH is 1. The summed E-state index contributed by atoms with van der Waals surface area (Å²) in [6, 6.07) is 1.17. The zero-order valence-electron chi connectivity index (χ0n) is 13.1. The molecule has 2 aliphatic heterocycles. The summed E-state index contributed by atoms with van der Waals surface area (Å²) in [6.07, 6.45) is 6.43. The van der Waals surface area contributed by atoms with Crippen LogP contribution in [0.2, 0.25) is 0 Å². The molecule has 2 aliphatic rings. The van der Waals surface area contributed by atoms with Gasteiger partial charge in [0.25, 0.3) is 0 Å². The van der Waals surface area contributed by atoms with Gasteiger partial charge in [0.15, 0.2) is 0 Å². The van der Waals surface area contributed by atoms with Gasteiger partial charge in [0.2, 0.25) is 0 Å². The summed E-state index contributed by atoms with van der Waals surface area (Å²) in [5, 5.41) is 9.43. The van der Waals surface area contributed by atoms with E-state index < -0.39 is 0 Å². The Labute approximate surface area is 119 Å². The van der Waals surface area contributed by atoms with Crippen LogP contribution in [0, 0.1) is 5.41 Å². The van der Waals surface area contributed by atoms with Crippen LogP contribution in [0.25, 0.3) is 0 Å². The molecular formula is C16H32N2O. The average molecular weight is 268 g/mol. The van der Waals surface area contributed by atoms with E-state index >= 15 is 0 Å². The molecule has 1 N–H and O–H groups in total. The summed E-state index contributed by atoms with van der Waals surface area (Å²) in [6.45, 7) is 12.2. The fourth-order valence-corrected chi connectivity index (χ4v) is 3.49. The van der Waals surface area contributed by atoms with Crippen LogP contribution in [-0.2, 0) is 0 Å². The molecule has 0 saturated carbocycles. The molecule has 0 aromatic carbocycles. The molecule has 3 nitrogen and oxygen atoms in total. The molecular weight excluding hydrogens is 236 g/mol. The van der Waals surface area contributed by atoms with Gasteiger partial charge in [-0.15, -0.1) is 0 Å². The molecule has 2 rings (SSSR count). The van der Waals surface area contributed by atoms with Gasteiger partial charge >= 0.3 is 0 Å². The van der Waals surface area contributed by atoms with Crippen LogP contribution in [-0.4, -0.2) is 59.8 Å².